The first-order valence-electron chi connectivity index (χ1n) is 1.83. The van der Waals surface area contributed by atoms with Gasteiger partial charge in [0.25, 0.3) is 0 Å². The molecule has 0 bridgehead atoms. The second-order valence-electron chi connectivity index (χ2n) is 1.09. The van der Waals surface area contributed by atoms with E-state index in [1.807, 2.05) is 0 Å². The Bertz CT molecular complexity index is 223. The number of hydrogen-bond donors (Lipinski definition) is 3. The largest absolute Gasteiger partial charge is 0.473 e. The van der Waals surface area contributed by atoms with Crippen molar-refractivity contribution >= 4 is 22.3 Å². The van der Waals surface area contributed by atoms with Crippen LogP contribution in [0, 0.1) is 0 Å². The van der Waals surface area contributed by atoms with Crippen LogP contribution in [0.4, 0.5) is 3.89 Å². The fourth-order valence-electron chi connectivity index (χ4n) is 0. The molecule has 0 atom stereocenters. The van der Waals surface area contributed by atoms with E-state index >= 15 is 0 Å². The zero-order chi connectivity index (χ0) is 9.65. The van der Waals surface area contributed by atoms with Gasteiger partial charge in [0.05, 0.1) is 0 Å². The molecule has 0 rings (SSSR count). The summed E-state index contributed by atoms with van der Waals surface area (Å²) in [4.78, 5) is 18.2. The van der Waals surface area contributed by atoms with E-state index in [0.717, 1.165) is 0 Å². The van der Waals surface area contributed by atoms with Crippen LogP contribution in [0.1, 0.15) is 0 Å². The topological polar surface area (TPSA) is 135 Å². The summed E-state index contributed by atoms with van der Waals surface area (Å²) >= 11 is 0. The predicted octanol–water partition coefficient (Wildman–Crippen LogP) is -1.69. The fourth-order valence-corrected chi connectivity index (χ4v) is 0. The molecule has 0 saturated carbocycles. The van der Waals surface area contributed by atoms with E-state index < -0.39 is 22.3 Å². The van der Waals surface area contributed by atoms with E-state index in [2.05, 4.69) is 5.14 Å². The van der Waals surface area contributed by atoms with Crippen LogP contribution in [-0.2, 0) is 20.0 Å². The Hall–Kier alpha value is -1.22. The molecule has 4 N–H and O–H groups in total. The minimum absolute atomic E-state index is 1.82. The molecule has 0 unspecified atom stereocenters. The van der Waals surface area contributed by atoms with E-state index in [-0.39, 0.29) is 0 Å². The average Bonchev–Trinajstić information content (AvgIpc) is 1.59. The maximum Gasteiger partial charge on any atom is 0.414 e. The minimum atomic E-state index is -4.67. The normalized spacial score (nSPS) is 9.27. The summed E-state index contributed by atoms with van der Waals surface area (Å²) in [7, 11) is -4.67. The predicted molar refractivity (Wildman–Crippen MR) is 29.5 cm³/mol. The molecule has 0 aromatic rings. The Morgan fingerprint density at radius 2 is 1.27 bits per heavy atom. The minimum Gasteiger partial charge on any atom is -0.473 e. The van der Waals surface area contributed by atoms with Crippen LogP contribution in [-0.4, -0.2) is 30.6 Å². The van der Waals surface area contributed by atoms with Crippen LogP contribution < -0.4 is 5.14 Å². The third-order valence-corrected chi connectivity index (χ3v) is 0.183. The van der Waals surface area contributed by atoms with Crippen molar-refractivity contribution in [2.45, 2.75) is 0 Å². The lowest BCUT2D eigenvalue weighted by atomic mass is 10.7. The van der Waals surface area contributed by atoms with Crippen LogP contribution in [0.2, 0.25) is 0 Å². The number of carboxylic acids is 2. The van der Waals surface area contributed by atoms with Gasteiger partial charge in [-0.3, -0.25) is 0 Å². The van der Waals surface area contributed by atoms with Gasteiger partial charge in [-0.1, -0.05) is 3.89 Å². The van der Waals surface area contributed by atoms with Gasteiger partial charge in [0.15, 0.2) is 0 Å². The molecule has 0 saturated heterocycles. The highest BCUT2D eigenvalue weighted by molar-refractivity contribution is 7.83. The van der Waals surface area contributed by atoms with Crippen molar-refractivity contribution < 1.29 is 32.1 Å². The summed E-state index contributed by atoms with van der Waals surface area (Å²) in [6.45, 7) is 0. The zero-order valence-electron chi connectivity index (χ0n) is 4.89. The van der Waals surface area contributed by atoms with Crippen LogP contribution >= 0.6 is 0 Å². The smallest absolute Gasteiger partial charge is 0.414 e. The maximum atomic E-state index is 10.4. The van der Waals surface area contributed by atoms with Crippen LogP contribution in [0.15, 0.2) is 0 Å². The molecule has 11 heavy (non-hydrogen) atoms. The molecule has 0 radical (unpaired) electrons. The second kappa shape index (κ2) is 4.57. The average molecular weight is 189 g/mol. The van der Waals surface area contributed by atoms with Crippen molar-refractivity contribution in [2.24, 2.45) is 5.14 Å². The van der Waals surface area contributed by atoms with Gasteiger partial charge in [-0.15, -0.1) is 0 Å². The molecule has 0 heterocycles. The first kappa shape index (κ1) is 12.5. The third-order valence-electron chi connectivity index (χ3n) is 0.183. The molecular formula is C2H4FNO6S. The molecule has 0 aromatic heterocycles. The lowest BCUT2D eigenvalue weighted by Gasteiger charge is -1.72. The first-order valence-corrected chi connectivity index (χ1v) is 3.28. The summed E-state index contributed by atoms with van der Waals surface area (Å²) in [6, 6.07) is 0. The number of rotatable bonds is 0. The van der Waals surface area contributed by atoms with Crippen molar-refractivity contribution in [3.05, 3.63) is 0 Å². The lowest BCUT2D eigenvalue weighted by Crippen LogP contribution is -2.09. The van der Waals surface area contributed by atoms with E-state index in [4.69, 9.17) is 28.2 Å². The first-order chi connectivity index (χ1) is 4.64. The summed E-state index contributed by atoms with van der Waals surface area (Å²) in [5.41, 5.74) is 0. The van der Waals surface area contributed by atoms with Gasteiger partial charge in [0.2, 0.25) is 0 Å². The highest BCUT2D eigenvalue weighted by atomic mass is 32.3. The molecule has 66 valence electrons. The highest BCUT2D eigenvalue weighted by Gasteiger charge is 2.04. The van der Waals surface area contributed by atoms with Crippen molar-refractivity contribution in [3.63, 3.8) is 0 Å². The lowest BCUT2D eigenvalue weighted by molar-refractivity contribution is -0.159. The molecule has 9 heteroatoms. The van der Waals surface area contributed by atoms with Crippen LogP contribution in [0.3, 0.4) is 0 Å². The molecular weight excluding hydrogens is 185 g/mol. The maximum absolute atomic E-state index is 10.4. The number of aliphatic carboxylic acids is 2. The number of carboxylic acid groups (broad SMARTS) is 2. The van der Waals surface area contributed by atoms with Gasteiger partial charge in [-0.25, -0.2) is 14.7 Å². The standard InChI is InChI=1S/C2H2O4.FH2NO2S/c3-1(4)2(5)6;1-5(2,3)4/h(H,3,4)(H,5,6);(H2,2,3,4). The zero-order valence-corrected chi connectivity index (χ0v) is 5.71. The monoisotopic (exact) mass is 189 g/mol. The summed E-state index contributed by atoms with van der Waals surface area (Å²) in [5, 5.41) is 18.4. The van der Waals surface area contributed by atoms with Gasteiger partial charge >= 0.3 is 22.3 Å². The van der Waals surface area contributed by atoms with E-state index in [9.17, 15) is 3.89 Å². The Balaban J connectivity index is 0. The van der Waals surface area contributed by atoms with E-state index in [1.165, 1.54) is 0 Å². The second-order valence-corrected chi connectivity index (χ2v) is 2.04. The molecule has 7 nitrogen and oxygen atoms in total. The quantitative estimate of drug-likeness (QED) is 0.307. The van der Waals surface area contributed by atoms with Gasteiger partial charge in [0.1, 0.15) is 0 Å². The van der Waals surface area contributed by atoms with Crippen LogP contribution in [0.5, 0.6) is 0 Å². The number of nitrogens with two attached hydrogens (primary N) is 1. The van der Waals surface area contributed by atoms with Crippen molar-refractivity contribution in [3.8, 4) is 0 Å². The molecule has 0 aliphatic rings. The molecule has 0 fully saturated rings. The van der Waals surface area contributed by atoms with Gasteiger partial charge in [0, 0.05) is 0 Å². The van der Waals surface area contributed by atoms with Gasteiger partial charge in [-0.2, -0.15) is 8.42 Å². The Kier molecular flexibility index (Phi) is 5.18. The summed E-state index contributed by atoms with van der Waals surface area (Å²) in [6.07, 6.45) is 0. The summed E-state index contributed by atoms with van der Waals surface area (Å²) in [5.74, 6) is -3.65. The number of carbonyl (C=O) groups is 2. The number of hydrogen-bond acceptors (Lipinski definition) is 4. The Morgan fingerprint density at radius 1 is 1.18 bits per heavy atom. The molecule has 0 aliphatic heterocycles. The van der Waals surface area contributed by atoms with Crippen molar-refractivity contribution in [1.29, 1.82) is 0 Å². The third kappa shape index (κ3) is 52.2. The fraction of sp³-hybridized carbons (Fsp3) is 0. The van der Waals surface area contributed by atoms with Gasteiger partial charge < -0.3 is 10.2 Å². The summed E-state index contributed by atoms with van der Waals surface area (Å²) < 4.78 is 27.9. The van der Waals surface area contributed by atoms with Gasteiger partial charge in [-0.05, 0) is 0 Å². The molecule has 0 spiro atoms. The SMILES string of the molecule is NS(=O)(=O)F.O=C(O)C(=O)O. The van der Waals surface area contributed by atoms with Crippen LogP contribution in [0.25, 0.3) is 0 Å². The molecule has 0 amide bonds. The number of halogens is 1. The van der Waals surface area contributed by atoms with Crippen molar-refractivity contribution in [1.82, 2.24) is 0 Å². The van der Waals surface area contributed by atoms with E-state index in [0.29, 0.717) is 0 Å². The Labute approximate surface area is 60.6 Å². The Morgan fingerprint density at radius 3 is 1.27 bits per heavy atom. The molecule has 0 aromatic carbocycles. The highest BCUT2D eigenvalue weighted by Crippen LogP contribution is 1.67. The van der Waals surface area contributed by atoms with Crippen molar-refractivity contribution in [2.75, 3.05) is 0 Å². The molecule has 0 aliphatic carbocycles. The van der Waals surface area contributed by atoms with E-state index in [1.54, 1.807) is 0 Å².